The van der Waals surface area contributed by atoms with E-state index in [1.54, 1.807) is 29.0 Å². The molecule has 0 unspecified atom stereocenters. The summed E-state index contributed by atoms with van der Waals surface area (Å²) in [6, 6.07) is 17.4. The number of fused-ring (bicyclic) bond motifs is 1. The van der Waals surface area contributed by atoms with E-state index in [1.165, 1.54) is 29.5 Å². The van der Waals surface area contributed by atoms with E-state index in [0.29, 0.717) is 28.0 Å². The van der Waals surface area contributed by atoms with Crippen LogP contribution in [0.25, 0.3) is 33.6 Å². The molecule has 0 bridgehead atoms. The Balaban J connectivity index is 1.34. The van der Waals surface area contributed by atoms with Crippen molar-refractivity contribution in [3.63, 3.8) is 0 Å². The number of hydrogen-bond acceptors (Lipinski definition) is 7. The number of para-hydroxylation sites is 1. The van der Waals surface area contributed by atoms with Crippen molar-refractivity contribution < 1.29 is 14.1 Å². The maximum atomic E-state index is 12.5. The van der Waals surface area contributed by atoms with Gasteiger partial charge in [0.15, 0.2) is 5.76 Å². The number of anilines is 1. The lowest BCUT2D eigenvalue weighted by atomic mass is 10.2. The van der Waals surface area contributed by atoms with E-state index < -0.39 is 4.92 Å². The molecule has 1 amide bonds. The molecule has 2 aromatic carbocycles. The minimum Gasteiger partial charge on any atom is -0.454 e. The third-order valence-corrected chi connectivity index (χ3v) is 5.78. The first-order chi connectivity index (χ1) is 16.5. The first-order valence-electron chi connectivity index (χ1n) is 10.2. The Morgan fingerprint density at radius 3 is 2.74 bits per heavy atom. The lowest BCUT2D eigenvalue weighted by Gasteiger charge is -2.04. The molecule has 168 valence electrons. The van der Waals surface area contributed by atoms with Gasteiger partial charge in [-0.3, -0.25) is 14.9 Å². The van der Waals surface area contributed by atoms with E-state index >= 15 is 0 Å². The average Bonchev–Trinajstić information content (AvgIpc) is 3.55. The molecule has 9 nitrogen and oxygen atoms in total. The zero-order valence-corrected chi connectivity index (χ0v) is 18.7. The van der Waals surface area contributed by atoms with Crippen molar-refractivity contribution >= 4 is 45.8 Å². The predicted molar refractivity (Wildman–Crippen MR) is 130 cm³/mol. The van der Waals surface area contributed by atoms with Gasteiger partial charge >= 0.3 is 0 Å². The van der Waals surface area contributed by atoms with Crippen LogP contribution < -0.4 is 5.32 Å². The Morgan fingerprint density at radius 1 is 1.18 bits per heavy atom. The van der Waals surface area contributed by atoms with Crippen LogP contribution in [0.2, 0.25) is 0 Å². The quantitative estimate of drug-likeness (QED) is 0.195. The average molecular weight is 471 g/mol. The lowest BCUT2D eigenvalue weighted by molar-refractivity contribution is -0.384. The van der Waals surface area contributed by atoms with Crippen LogP contribution in [0.5, 0.6) is 0 Å². The molecule has 3 heterocycles. The number of amides is 1. The van der Waals surface area contributed by atoms with Crippen LogP contribution in [0, 0.1) is 17.0 Å². The summed E-state index contributed by atoms with van der Waals surface area (Å²) in [5, 5.41) is 21.5. The second-order valence-corrected chi connectivity index (χ2v) is 8.25. The van der Waals surface area contributed by atoms with E-state index in [1.807, 2.05) is 42.6 Å². The molecule has 0 fully saturated rings. The number of aryl methyl sites for hydroxylation is 1. The van der Waals surface area contributed by atoms with Gasteiger partial charge in [0.05, 0.1) is 10.6 Å². The summed E-state index contributed by atoms with van der Waals surface area (Å²) >= 11 is 1.38. The fourth-order valence-electron chi connectivity index (χ4n) is 3.36. The fraction of sp³-hybridized carbons (Fsp3) is 0.0417. The summed E-state index contributed by atoms with van der Waals surface area (Å²) < 4.78 is 7.47. The molecule has 10 heteroatoms. The first kappa shape index (κ1) is 21.3. The predicted octanol–water partition coefficient (Wildman–Crippen LogP) is 5.61. The minimum atomic E-state index is -0.470. The van der Waals surface area contributed by atoms with Gasteiger partial charge in [-0.25, -0.2) is 4.98 Å². The molecule has 0 aliphatic carbocycles. The Morgan fingerprint density at radius 2 is 1.97 bits per heavy atom. The maximum absolute atomic E-state index is 12.5. The van der Waals surface area contributed by atoms with E-state index in [0.717, 1.165) is 16.7 Å². The molecule has 0 saturated carbocycles. The summed E-state index contributed by atoms with van der Waals surface area (Å²) in [4.78, 5) is 27.4. The number of carbonyl (C=O) groups excluding carboxylic acids is 1. The van der Waals surface area contributed by atoms with Crippen molar-refractivity contribution in [3.8, 4) is 16.6 Å². The van der Waals surface area contributed by atoms with Crippen molar-refractivity contribution in [2.24, 2.45) is 0 Å². The molecule has 0 aliphatic rings. The third kappa shape index (κ3) is 4.34. The molecule has 5 rings (SSSR count). The standard InChI is InChI=1S/C24H17N5O4S/c1-15-12-22(26-23(30)11-8-16-6-9-18(10-7-16)29(31)32)28(27-15)24-25-19(14-34-24)21-13-17-4-2-3-5-20(17)33-21/h2-14H,1H3,(H,26,30)/b11-8+. The van der Waals surface area contributed by atoms with Crippen molar-refractivity contribution in [2.45, 2.75) is 6.92 Å². The van der Waals surface area contributed by atoms with Crippen LogP contribution >= 0.6 is 11.3 Å². The molecular weight excluding hydrogens is 454 g/mol. The number of furan rings is 1. The van der Waals surface area contributed by atoms with Crippen LogP contribution in [-0.2, 0) is 4.79 Å². The van der Waals surface area contributed by atoms with Gasteiger partial charge in [-0.2, -0.15) is 9.78 Å². The molecule has 0 saturated heterocycles. The number of nitro groups is 1. The second-order valence-electron chi connectivity index (χ2n) is 7.42. The molecular formula is C24H17N5O4S. The summed E-state index contributed by atoms with van der Waals surface area (Å²) in [7, 11) is 0. The van der Waals surface area contributed by atoms with Gasteiger partial charge in [-0.1, -0.05) is 18.2 Å². The van der Waals surface area contributed by atoms with Crippen molar-refractivity contribution in [1.82, 2.24) is 14.8 Å². The van der Waals surface area contributed by atoms with Crippen LogP contribution in [-0.4, -0.2) is 25.6 Å². The molecule has 0 aliphatic heterocycles. The van der Waals surface area contributed by atoms with Crippen molar-refractivity contribution in [2.75, 3.05) is 5.32 Å². The highest BCUT2D eigenvalue weighted by Crippen LogP contribution is 2.30. The number of nitro benzene ring substituents is 1. The zero-order valence-electron chi connectivity index (χ0n) is 17.8. The fourth-order valence-corrected chi connectivity index (χ4v) is 4.14. The van der Waals surface area contributed by atoms with E-state index in [4.69, 9.17) is 4.42 Å². The number of rotatable bonds is 6. The van der Waals surface area contributed by atoms with Crippen LogP contribution in [0.3, 0.4) is 0 Å². The molecule has 34 heavy (non-hydrogen) atoms. The number of non-ortho nitro benzene ring substituents is 1. The van der Waals surface area contributed by atoms with Crippen molar-refractivity contribution in [3.05, 3.63) is 93.5 Å². The Hall–Kier alpha value is -4.57. The molecule has 5 aromatic rings. The molecule has 3 aromatic heterocycles. The highest BCUT2D eigenvalue weighted by atomic mass is 32.1. The lowest BCUT2D eigenvalue weighted by Crippen LogP contribution is -2.12. The highest BCUT2D eigenvalue weighted by Gasteiger charge is 2.15. The topological polar surface area (TPSA) is 116 Å². The minimum absolute atomic E-state index is 0.00792. The summed E-state index contributed by atoms with van der Waals surface area (Å²) in [6.45, 7) is 1.83. The van der Waals surface area contributed by atoms with Gasteiger partial charge in [0.2, 0.25) is 11.0 Å². The second kappa shape index (κ2) is 8.75. The van der Waals surface area contributed by atoms with Crippen LogP contribution in [0.4, 0.5) is 11.5 Å². The number of nitrogens with one attached hydrogen (secondary N) is 1. The Kier molecular flexibility index (Phi) is 5.48. The van der Waals surface area contributed by atoms with Gasteiger partial charge in [0.1, 0.15) is 17.1 Å². The molecule has 0 radical (unpaired) electrons. The number of aromatic nitrogens is 3. The number of nitrogens with zero attached hydrogens (tertiary/aromatic N) is 4. The Labute approximate surface area is 197 Å². The summed E-state index contributed by atoms with van der Waals surface area (Å²) in [6.07, 6.45) is 2.94. The highest BCUT2D eigenvalue weighted by molar-refractivity contribution is 7.12. The smallest absolute Gasteiger partial charge is 0.269 e. The Bertz CT molecular complexity index is 1510. The third-order valence-electron chi connectivity index (χ3n) is 4.97. The molecule has 0 atom stereocenters. The first-order valence-corrected chi connectivity index (χ1v) is 11.1. The SMILES string of the molecule is Cc1cc(NC(=O)/C=C/c2ccc([N+](=O)[O-])cc2)n(-c2nc(-c3cc4ccccc4o3)cs2)n1. The molecule has 1 N–H and O–H groups in total. The summed E-state index contributed by atoms with van der Waals surface area (Å²) in [5.74, 6) is 0.763. The van der Waals surface area contributed by atoms with E-state index in [9.17, 15) is 14.9 Å². The number of carbonyl (C=O) groups is 1. The molecule has 0 spiro atoms. The van der Waals surface area contributed by atoms with Crippen molar-refractivity contribution in [1.29, 1.82) is 0 Å². The normalized spacial score (nSPS) is 11.3. The largest absolute Gasteiger partial charge is 0.454 e. The van der Waals surface area contributed by atoms with Crippen LogP contribution in [0.15, 0.2) is 76.5 Å². The van der Waals surface area contributed by atoms with Gasteiger partial charge in [0.25, 0.3) is 5.69 Å². The summed E-state index contributed by atoms with van der Waals surface area (Å²) in [5.41, 5.74) is 2.84. The maximum Gasteiger partial charge on any atom is 0.269 e. The van der Waals surface area contributed by atoms with Gasteiger partial charge < -0.3 is 9.73 Å². The van der Waals surface area contributed by atoms with Gasteiger partial charge in [-0.05, 0) is 42.8 Å². The van der Waals surface area contributed by atoms with Gasteiger partial charge in [0, 0.05) is 35.0 Å². The van der Waals surface area contributed by atoms with E-state index in [2.05, 4.69) is 15.4 Å². The van der Waals surface area contributed by atoms with Gasteiger partial charge in [-0.15, -0.1) is 11.3 Å². The number of hydrogen-bond donors (Lipinski definition) is 1. The number of benzene rings is 2. The monoisotopic (exact) mass is 471 g/mol. The zero-order chi connectivity index (χ0) is 23.7. The van der Waals surface area contributed by atoms with E-state index in [-0.39, 0.29) is 11.6 Å². The number of thiazole rings is 1. The van der Waals surface area contributed by atoms with Crippen LogP contribution in [0.1, 0.15) is 11.3 Å².